The predicted molar refractivity (Wildman–Crippen MR) is 119 cm³/mol. The van der Waals surface area contributed by atoms with Gasteiger partial charge in [-0.15, -0.1) is 11.3 Å². The van der Waals surface area contributed by atoms with Crippen molar-refractivity contribution < 1.29 is 18.3 Å². The second-order valence-electron chi connectivity index (χ2n) is 7.13. The van der Waals surface area contributed by atoms with Gasteiger partial charge in [-0.1, -0.05) is 12.1 Å². The van der Waals surface area contributed by atoms with Crippen LogP contribution in [0, 0.1) is 0 Å². The average Bonchev–Trinajstić information content (AvgIpc) is 3.11. The number of anilines is 1. The summed E-state index contributed by atoms with van der Waals surface area (Å²) in [7, 11) is 0. The Hall–Kier alpha value is -2.46. The van der Waals surface area contributed by atoms with Crippen LogP contribution in [0.3, 0.4) is 0 Å². The van der Waals surface area contributed by atoms with E-state index in [4.69, 9.17) is 0 Å². The molecule has 4 rings (SSSR count). The zero-order chi connectivity index (χ0) is 21.8. The van der Waals surface area contributed by atoms with Crippen LogP contribution in [0.5, 0.6) is 5.75 Å². The largest absolute Gasteiger partial charge is 0.433 e. The third kappa shape index (κ3) is 5.24. The molecule has 0 unspecified atom stereocenters. The Balaban J connectivity index is 1.31. The van der Waals surface area contributed by atoms with E-state index in [1.165, 1.54) is 28.8 Å². The summed E-state index contributed by atoms with van der Waals surface area (Å²) in [5.41, 5.74) is 1.27. The number of ether oxygens (including phenoxy) is 1. The molecule has 0 radical (unpaired) electrons. The maximum atomic E-state index is 12.6. The summed E-state index contributed by atoms with van der Waals surface area (Å²) in [5, 5.41) is 3.33. The van der Waals surface area contributed by atoms with Gasteiger partial charge in [0.1, 0.15) is 16.4 Å². The van der Waals surface area contributed by atoms with E-state index < -0.39 is 6.61 Å². The monoisotopic (exact) mass is 465 g/mol. The summed E-state index contributed by atoms with van der Waals surface area (Å²) >= 11 is 3.08. The number of fused-ring (bicyclic) bond motifs is 3. The quantitative estimate of drug-likeness (QED) is 0.470. The molecule has 1 aliphatic rings. The highest BCUT2D eigenvalue weighted by molar-refractivity contribution is 7.98. The van der Waals surface area contributed by atoms with Gasteiger partial charge in [0.15, 0.2) is 0 Å². The summed E-state index contributed by atoms with van der Waals surface area (Å²) in [6.45, 7) is -2.96. The number of carbonyl (C=O) groups is 1. The molecule has 164 valence electrons. The number of aryl methyl sites for hydroxylation is 2. The fourth-order valence-electron chi connectivity index (χ4n) is 3.59. The first-order valence-electron chi connectivity index (χ1n) is 9.96. The molecule has 0 aliphatic heterocycles. The standard InChI is InChI=1S/C21H21F2N3O3S2/c22-21(23)29-14-7-3-2-6-13(14)24-17(27)9-10-30-11-16-25-19(28)18-12-5-1-4-8-15(12)31-20(18)26-16/h2-3,6-7,21H,1,4-5,8-11H2,(H,24,27)(H,25,26,28). The lowest BCUT2D eigenvalue weighted by molar-refractivity contribution is -0.115. The van der Waals surface area contributed by atoms with E-state index in [0.717, 1.165) is 41.5 Å². The number of amides is 1. The second kappa shape index (κ2) is 9.78. The number of H-pyrrole nitrogens is 1. The topological polar surface area (TPSA) is 84.1 Å². The van der Waals surface area contributed by atoms with E-state index >= 15 is 0 Å². The molecule has 1 aliphatic carbocycles. The summed E-state index contributed by atoms with van der Waals surface area (Å²) in [6.07, 6.45) is 4.40. The van der Waals surface area contributed by atoms with Crippen LogP contribution in [0.2, 0.25) is 0 Å². The van der Waals surface area contributed by atoms with Crippen LogP contribution < -0.4 is 15.6 Å². The fourth-order valence-corrected chi connectivity index (χ4v) is 5.68. The van der Waals surface area contributed by atoms with Crippen LogP contribution >= 0.6 is 23.1 Å². The molecule has 2 aromatic heterocycles. The molecule has 0 saturated carbocycles. The summed E-state index contributed by atoms with van der Waals surface area (Å²) < 4.78 is 29.4. The van der Waals surface area contributed by atoms with E-state index in [2.05, 4.69) is 20.0 Å². The zero-order valence-corrected chi connectivity index (χ0v) is 18.2. The van der Waals surface area contributed by atoms with Gasteiger partial charge in [0.25, 0.3) is 5.56 Å². The number of carbonyl (C=O) groups excluding carboxylic acids is 1. The normalized spacial score (nSPS) is 13.4. The lowest BCUT2D eigenvalue weighted by Gasteiger charge is -2.11. The van der Waals surface area contributed by atoms with Crippen LogP contribution in [-0.4, -0.2) is 28.2 Å². The molecule has 0 fully saturated rings. The maximum absolute atomic E-state index is 12.6. The summed E-state index contributed by atoms with van der Waals surface area (Å²) in [5.74, 6) is 1.18. The maximum Gasteiger partial charge on any atom is 0.387 e. The SMILES string of the molecule is O=C(CCSCc1nc2sc3c(c2c(=O)[nH]1)CCCC3)Nc1ccccc1OC(F)F. The number of benzene rings is 1. The molecule has 2 N–H and O–H groups in total. The van der Waals surface area contributed by atoms with Crippen LogP contribution in [0.15, 0.2) is 29.1 Å². The summed E-state index contributed by atoms with van der Waals surface area (Å²) in [4.78, 5) is 34.3. The highest BCUT2D eigenvalue weighted by atomic mass is 32.2. The van der Waals surface area contributed by atoms with Crippen molar-refractivity contribution >= 4 is 44.9 Å². The number of alkyl halides is 2. The number of hydrogen-bond acceptors (Lipinski definition) is 6. The van der Waals surface area contributed by atoms with Gasteiger partial charge in [0.2, 0.25) is 5.91 Å². The first-order valence-corrected chi connectivity index (χ1v) is 11.9. The minimum atomic E-state index is -2.96. The van der Waals surface area contributed by atoms with Crippen molar-refractivity contribution in [2.45, 2.75) is 44.5 Å². The number of thioether (sulfide) groups is 1. The predicted octanol–water partition coefficient (Wildman–Crippen LogP) is 4.73. The Morgan fingerprint density at radius 2 is 2.10 bits per heavy atom. The average molecular weight is 466 g/mol. The number of aromatic amines is 1. The van der Waals surface area contributed by atoms with Crippen molar-refractivity contribution in [1.82, 2.24) is 9.97 Å². The number of rotatable bonds is 8. The van der Waals surface area contributed by atoms with Crippen molar-refractivity contribution in [3.05, 3.63) is 50.9 Å². The molecular weight excluding hydrogens is 444 g/mol. The van der Waals surface area contributed by atoms with E-state index in [1.54, 1.807) is 23.5 Å². The molecule has 3 aromatic rings. The van der Waals surface area contributed by atoms with Gasteiger partial charge in [0.05, 0.1) is 16.8 Å². The first-order chi connectivity index (χ1) is 15.0. The molecule has 0 atom stereocenters. The minimum absolute atomic E-state index is 0.0766. The molecule has 1 aromatic carbocycles. The number of nitrogens with one attached hydrogen (secondary N) is 2. The fraction of sp³-hybridized carbons (Fsp3) is 0.381. The lowest BCUT2D eigenvalue weighted by Crippen LogP contribution is -2.14. The number of para-hydroxylation sites is 2. The Labute approximate surface area is 185 Å². The molecule has 1 amide bonds. The van der Waals surface area contributed by atoms with Crippen molar-refractivity contribution in [2.75, 3.05) is 11.1 Å². The molecule has 31 heavy (non-hydrogen) atoms. The van der Waals surface area contributed by atoms with Crippen molar-refractivity contribution in [2.24, 2.45) is 0 Å². The molecule has 0 saturated heterocycles. The number of halogens is 2. The van der Waals surface area contributed by atoms with Crippen molar-refractivity contribution in [3.8, 4) is 5.75 Å². The molecular formula is C21H21F2N3O3S2. The van der Waals surface area contributed by atoms with Crippen LogP contribution in [-0.2, 0) is 23.4 Å². The van der Waals surface area contributed by atoms with Gasteiger partial charge in [-0.25, -0.2) is 4.98 Å². The molecule has 10 heteroatoms. The Bertz CT molecular complexity index is 1150. The van der Waals surface area contributed by atoms with E-state index in [1.807, 2.05) is 0 Å². The van der Waals surface area contributed by atoms with Gasteiger partial charge in [-0.2, -0.15) is 20.5 Å². The van der Waals surface area contributed by atoms with Crippen molar-refractivity contribution in [3.63, 3.8) is 0 Å². The Morgan fingerprint density at radius 3 is 2.94 bits per heavy atom. The smallest absolute Gasteiger partial charge is 0.387 e. The third-order valence-corrected chi connectivity index (χ3v) is 7.12. The first kappa shape index (κ1) is 21.8. The Morgan fingerprint density at radius 1 is 1.29 bits per heavy atom. The van der Waals surface area contributed by atoms with Gasteiger partial charge >= 0.3 is 6.61 Å². The number of nitrogens with zero attached hydrogens (tertiary/aromatic N) is 1. The second-order valence-corrected chi connectivity index (χ2v) is 9.32. The van der Waals surface area contributed by atoms with E-state index in [-0.39, 0.29) is 29.3 Å². The Kier molecular flexibility index (Phi) is 6.86. The number of hydrogen-bond donors (Lipinski definition) is 2. The number of aromatic nitrogens is 2. The van der Waals surface area contributed by atoms with Gasteiger partial charge < -0.3 is 15.0 Å². The third-order valence-electron chi connectivity index (χ3n) is 4.96. The highest BCUT2D eigenvalue weighted by Gasteiger charge is 2.19. The lowest BCUT2D eigenvalue weighted by atomic mass is 9.97. The minimum Gasteiger partial charge on any atom is -0.433 e. The molecule has 0 spiro atoms. The summed E-state index contributed by atoms with van der Waals surface area (Å²) in [6, 6.07) is 6.06. The van der Waals surface area contributed by atoms with Crippen LogP contribution in [0.4, 0.5) is 14.5 Å². The number of thiophene rings is 1. The molecule has 0 bridgehead atoms. The molecule has 6 nitrogen and oxygen atoms in total. The van der Waals surface area contributed by atoms with Gasteiger partial charge in [-0.05, 0) is 43.4 Å². The zero-order valence-electron chi connectivity index (χ0n) is 16.6. The molecule has 2 heterocycles. The van der Waals surface area contributed by atoms with Gasteiger partial charge in [-0.3, -0.25) is 9.59 Å². The highest BCUT2D eigenvalue weighted by Crippen LogP contribution is 2.33. The van der Waals surface area contributed by atoms with E-state index in [0.29, 0.717) is 17.3 Å². The van der Waals surface area contributed by atoms with Crippen LogP contribution in [0.1, 0.15) is 35.5 Å². The van der Waals surface area contributed by atoms with Gasteiger partial charge in [0, 0.05) is 17.1 Å². The van der Waals surface area contributed by atoms with E-state index in [9.17, 15) is 18.4 Å². The van der Waals surface area contributed by atoms with Crippen LogP contribution in [0.25, 0.3) is 10.2 Å². The van der Waals surface area contributed by atoms with Crippen molar-refractivity contribution in [1.29, 1.82) is 0 Å².